The first kappa shape index (κ1) is 28.3. The molecule has 0 unspecified atom stereocenters. The molecule has 1 aliphatic rings. The fourth-order valence-electron chi connectivity index (χ4n) is 4.46. The molecular weight excluding hydrogens is 492 g/mol. The molecule has 0 aliphatic heterocycles. The number of unbranched alkanes of at least 4 members (excludes halogenated alkanes) is 2. The molecule has 0 bridgehead atoms. The summed E-state index contributed by atoms with van der Waals surface area (Å²) in [6.45, 7) is 16.6. The fraction of sp³-hybridized carbons (Fsp3) is 0.429. The lowest BCUT2D eigenvalue weighted by Crippen LogP contribution is -2.63. The van der Waals surface area contributed by atoms with Gasteiger partial charge in [0.2, 0.25) is 20.0 Å². The van der Waals surface area contributed by atoms with Gasteiger partial charge in [0, 0.05) is 13.1 Å². The molecule has 0 amide bonds. The van der Waals surface area contributed by atoms with E-state index in [1.54, 1.807) is 48.5 Å². The molecular formula is C28H38N2O4S2. The molecule has 0 heterocycles. The summed E-state index contributed by atoms with van der Waals surface area (Å²) >= 11 is 0. The van der Waals surface area contributed by atoms with Crippen LogP contribution < -0.4 is 0 Å². The quantitative estimate of drug-likeness (QED) is 0.366. The van der Waals surface area contributed by atoms with E-state index in [0.29, 0.717) is 24.0 Å². The summed E-state index contributed by atoms with van der Waals surface area (Å²) in [4.78, 5) is 0.379. The van der Waals surface area contributed by atoms with E-state index in [2.05, 4.69) is 13.2 Å². The van der Waals surface area contributed by atoms with Crippen LogP contribution in [0.15, 0.2) is 82.6 Å². The number of aryl methyl sites for hydroxylation is 2. The summed E-state index contributed by atoms with van der Waals surface area (Å²) in [5.74, 6) is 0. The van der Waals surface area contributed by atoms with Crippen molar-refractivity contribution in [3.8, 4) is 0 Å². The smallest absolute Gasteiger partial charge is 0.207 e. The molecule has 0 spiro atoms. The molecule has 196 valence electrons. The van der Waals surface area contributed by atoms with E-state index >= 15 is 0 Å². The van der Waals surface area contributed by atoms with Crippen molar-refractivity contribution in [2.75, 3.05) is 13.1 Å². The van der Waals surface area contributed by atoms with Gasteiger partial charge in [0.15, 0.2) is 0 Å². The number of hydrogen-bond acceptors (Lipinski definition) is 4. The highest BCUT2D eigenvalue weighted by molar-refractivity contribution is 7.89. The zero-order valence-electron chi connectivity index (χ0n) is 21.8. The normalized spacial score (nSPS) is 18.6. The van der Waals surface area contributed by atoms with Crippen molar-refractivity contribution in [3.05, 3.63) is 84.0 Å². The fourth-order valence-corrected chi connectivity index (χ4v) is 7.79. The number of nitrogens with zero attached hydrogens (tertiary/aromatic N) is 2. The molecule has 3 rings (SSSR count). The largest absolute Gasteiger partial charge is 0.243 e. The Balaban J connectivity index is 2.09. The first-order valence-electron chi connectivity index (χ1n) is 12.5. The topological polar surface area (TPSA) is 74.8 Å². The first-order valence-corrected chi connectivity index (χ1v) is 15.4. The van der Waals surface area contributed by atoms with Gasteiger partial charge in [-0.15, -0.1) is 0 Å². The van der Waals surface area contributed by atoms with Gasteiger partial charge in [0.05, 0.1) is 21.9 Å². The molecule has 36 heavy (non-hydrogen) atoms. The highest BCUT2D eigenvalue weighted by Gasteiger charge is 2.52. The molecule has 6 nitrogen and oxygen atoms in total. The Morgan fingerprint density at radius 2 is 0.944 bits per heavy atom. The Hall–Kier alpha value is -2.26. The summed E-state index contributed by atoms with van der Waals surface area (Å²) in [6, 6.07) is 12.1. The molecule has 0 aromatic heterocycles. The van der Waals surface area contributed by atoms with Crippen LogP contribution in [0.3, 0.4) is 0 Å². The number of sulfonamides is 2. The van der Waals surface area contributed by atoms with E-state index in [4.69, 9.17) is 0 Å². The Morgan fingerprint density at radius 1 is 0.639 bits per heavy atom. The summed E-state index contributed by atoms with van der Waals surface area (Å²) < 4.78 is 58.3. The van der Waals surface area contributed by atoms with Crippen LogP contribution in [0, 0.1) is 13.8 Å². The molecule has 2 aromatic carbocycles. The van der Waals surface area contributed by atoms with Crippen LogP contribution >= 0.6 is 0 Å². The highest BCUT2D eigenvalue weighted by atomic mass is 32.2. The van der Waals surface area contributed by atoms with Crippen molar-refractivity contribution in [2.24, 2.45) is 0 Å². The minimum atomic E-state index is -3.90. The van der Waals surface area contributed by atoms with Gasteiger partial charge < -0.3 is 0 Å². The lowest BCUT2D eigenvalue weighted by molar-refractivity contribution is 0.200. The molecule has 0 N–H and O–H groups in total. The molecule has 2 aromatic rings. The van der Waals surface area contributed by atoms with Crippen molar-refractivity contribution >= 4 is 20.0 Å². The SMILES string of the molecule is C=C1C(=C)[C@H](N(CCCC)S(=O)(=O)c2ccc(C)cc2)[C@H]1N(CCCC)S(=O)(=O)c1ccc(C)cc1. The van der Waals surface area contributed by atoms with Crippen LogP contribution in [0.1, 0.15) is 50.7 Å². The van der Waals surface area contributed by atoms with Gasteiger partial charge in [-0.05, 0) is 62.1 Å². The standard InChI is InChI=1S/C28H38N2O4S2/c1-7-9-19-29(35(31,32)25-15-11-21(3)12-16-25)27-23(5)24(6)28(27)30(20-10-8-2)36(33,34)26-17-13-22(4)14-18-26/h11-18,27-28H,5-10,19-20H2,1-4H3/t27-,28-/m0/s1. The van der Waals surface area contributed by atoms with Crippen LogP contribution in [0.25, 0.3) is 0 Å². The maximum absolute atomic E-state index is 13.9. The molecule has 8 heteroatoms. The minimum Gasteiger partial charge on any atom is -0.207 e. The third kappa shape index (κ3) is 5.52. The molecule has 1 saturated carbocycles. The monoisotopic (exact) mass is 530 g/mol. The minimum absolute atomic E-state index is 0.190. The van der Waals surface area contributed by atoms with Crippen molar-refractivity contribution in [2.45, 2.75) is 75.3 Å². The second kappa shape index (κ2) is 11.4. The number of hydrogen-bond donors (Lipinski definition) is 0. The van der Waals surface area contributed by atoms with E-state index in [1.807, 2.05) is 27.7 Å². The Morgan fingerprint density at radius 3 is 1.22 bits per heavy atom. The molecule has 1 fully saturated rings. The third-order valence-electron chi connectivity index (χ3n) is 6.77. The molecule has 2 atom stereocenters. The third-order valence-corrected chi connectivity index (χ3v) is 10.6. The second-order valence-corrected chi connectivity index (χ2v) is 13.3. The predicted octanol–water partition coefficient (Wildman–Crippen LogP) is 5.45. The van der Waals surface area contributed by atoms with E-state index in [9.17, 15) is 16.8 Å². The van der Waals surface area contributed by atoms with Crippen molar-refractivity contribution in [3.63, 3.8) is 0 Å². The van der Waals surface area contributed by atoms with Gasteiger partial charge >= 0.3 is 0 Å². The van der Waals surface area contributed by atoms with Gasteiger partial charge in [-0.1, -0.05) is 75.2 Å². The van der Waals surface area contributed by atoms with Crippen LogP contribution in [-0.4, -0.2) is 50.6 Å². The maximum atomic E-state index is 13.9. The summed E-state index contributed by atoms with van der Waals surface area (Å²) in [7, 11) is -7.80. The van der Waals surface area contributed by atoms with Gasteiger partial charge in [-0.25, -0.2) is 16.8 Å². The van der Waals surface area contributed by atoms with E-state index in [-0.39, 0.29) is 22.9 Å². The van der Waals surface area contributed by atoms with E-state index in [0.717, 1.165) is 24.0 Å². The van der Waals surface area contributed by atoms with Crippen LogP contribution in [0.4, 0.5) is 0 Å². The number of rotatable bonds is 12. The van der Waals surface area contributed by atoms with Gasteiger partial charge in [0.25, 0.3) is 0 Å². The highest BCUT2D eigenvalue weighted by Crippen LogP contribution is 2.43. The number of benzene rings is 2. The van der Waals surface area contributed by atoms with Crippen molar-refractivity contribution in [1.29, 1.82) is 0 Å². The zero-order valence-corrected chi connectivity index (χ0v) is 23.4. The van der Waals surface area contributed by atoms with Gasteiger partial charge in [-0.2, -0.15) is 8.61 Å². The molecule has 0 saturated heterocycles. The Bertz CT molecular complexity index is 1190. The first-order chi connectivity index (χ1) is 17.0. The summed E-state index contributed by atoms with van der Waals surface area (Å²) in [6.07, 6.45) is 2.89. The lowest BCUT2D eigenvalue weighted by atomic mass is 9.76. The van der Waals surface area contributed by atoms with Crippen LogP contribution in [-0.2, 0) is 20.0 Å². The summed E-state index contributed by atoms with van der Waals surface area (Å²) in [5, 5.41) is 0. The van der Waals surface area contributed by atoms with Crippen molar-refractivity contribution < 1.29 is 16.8 Å². The van der Waals surface area contributed by atoms with Crippen LogP contribution in [0.2, 0.25) is 0 Å². The average Bonchev–Trinajstić information content (AvgIpc) is 2.85. The predicted molar refractivity (Wildman–Crippen MR) is 146 cm³/mol. The van der Waals surface area contributed by atoms with E-state index < -0.39 is 32.1 Å². The van der Waals surface area contributed by atoms with Crippen LogP contribution in [0.5, 0.6) is 0 Å². The molecule has 1 aliphatic carbocycles. The van der Waals surface area contributed by atoms with Gasteiger partial charge in [0.1, 0.15) is 0 Å². The zero-order chi connectivity index (χ0) is 26.7. The second-order valence-electron chi connectivity index (χ2n) is 9.50. The molecule has 0 radical (unpaired) electrons. The Labute approximate surface area is 217 Å². The van der Waals surface area contributed by atoms with Gasteiger partial charge in [-0.3, -0.25) is 0 Å². The average molecular weight is 531 g/mol. The van der Waals surface area contributed by atoms with E-state index in [1.165, 1.54) is 8.61 Å². The maximum Gasteiger partial charge on any atom is 0.243 e. The summed E-state index contributed by atoms with van der Waals surface area (Å²) in [5.41, 5.74) is 3.05. The van der Waals surface area contributed by atoms with Crippen molar-refractivity contribution in [1.82, 2.24) is 8.61 Å². The Kier molecular flexibility index (Phi) is 8.98. The lowest BCUT2D eigenvalue weighted by Gasteiger charge is -2.51.